The Labute approximate surface area is 114 Å². The lowest BCUT2D eigenvalue weighted by molar-refractivity contribution is 0.0209. The lowest BCUT2D eigenvalue weighted by Crippen LogP contribution is -2.56. The summed E-state index contributed by atoms with van der Waals surface area (Å²) in [5, 5.41) is 3.68. The molecule has 2 unspecified atom stereocenters. The van der Waals surface area contributed by atoms with E-state index in [0.29, 0.717) is 12.1 Å². The maximum Gasteiger partial charge on any atom is 0.0221 e. The largest absolute Gasteiger partial charge is 0.313 e. The second kappa shape index (κ2) is 6.91. The molecule has 2 aliphatic rings. The monoisotopic (exact) mass is 252 g/mol. The van der Waals surface area contributed by atoms with Crippen molar-refractivity contribution in [3.63, 3.8) is 0 Å². The molecule has 4 atom stereocenters. The Kier molecular flexibility index (Phi) is 5.50. The summed E-state index contributed by atoms with van der Waals surface area (Å²) in [5.74, 6) is 1.01. The van der Waals surface area contributed by atoms with E-state index in [4.69, 9.17) is 0 Å². The summed E-state index contributed by atoms with van der Waals surface area (Å²) < 4.78 is 0. The van der Waals surface area contributed by atoms with Gasteiger partial charge in [0.15, 0.2) is 0 Å². The second-order valence-electron chi connectivity index (χ2n) is 6.48. The number of rotatable bonds is 5. The van der Waals surface area contributed by atoms with Crippen LogP contribution in [-0.4, -0.2) is 36.1 Å². The van der Waals surface area contributed by atoms with Gasteiger partial charge in [0.25, 0.3) is 0 Å². The molecule has 2 nitrogen and oxygen atoms in total. The van der Waals surface area contributed by atoms with E-state index in [9.17, 15) is 0 Å². The highest BCUT2D eigenvalue weighted by Crippen LogP contribution is 2.36. The highest BCUT2D eigenvalue weighted by Gasteiger charge is 2.36. The van der Waals surface area contributed by atoms with Crippen molar-refractivity contribution < 1.29 is 0 Å². The summed E-state index contributed by atoms with van der Waals surface area (Å²) in [4.78, 5) is 2.83. The first kappa shape index (κ1) is 14.3. The molecule has 2 rings (SSSR count). The van der Waals surface area contributed by atoms with Crippen molar-refractivity contribution in [3.05, 3.63) is 0 Å². The molecule has 0 radical (unpaired) electrons. The molecular weight excluding hydrogens is 220 g/mol. The van der Waals surface area contributed by atoms with Crippen LogP contribution in [0.1, 0.15) is 65.7 Å². The van der Waals surface area contributed by atoms with E-state index in [-0.39, 0.29) is 0 Å². The SMILES string of the molecule is CCCNC(C)C(C)N1CCC[C@H]2CCCC[C@H]21. The van der Waals surface area contributed by atoms with Crippen molar-refractivity contribution in [2.75, 3.05) is 13.1 Å². The van der Waals surface area contributed by atoms with Crippen LogP contribution >= 0.6 is 0 Å². The minimum absolute atomic E-state index is 0.630. The van der Waals surface area contributed by atoms with Crippen molar-refractivity contribution in [2.24, 2.45) is 5.92 Å². The van der Waals surface area contributed by atoms with Gasteiger partial charge in [-0.3, -0.25) is 4.90 Å². The molecule has 106 valence electrons. The number of hydrogen-bond acceptors (Lipinski definition) is 2. The molecule has 1 aliphatic carbocycles. The number of piperidine rings is 1. The van der Waals surface area contributed by atoms with Gasteiger partial charge >= 0.3 is 0 Å². The van der Waals surface area contributed by atoms with E-state index in [1.807, 2.05) is 0 Å². The van der Waals surface area contributed by atoms with Crippen LogP contribution in [-0.2, 0) is 0 Å². The van der Waals surface area contributed by atoms with Crippen LogP contribution in [0.3, 0.4) is 0 Å². The molecule has 18 heavy (non-hydrogen) atoms. The van der Waals surface area contributed by atoms with Gasteiger partial charge in [0.2, 0.25) is 0 Å². The number of hydrogen-bond donors (Lipinski definition) is 1. The quantitative estimate of drug-likeness (QED) is 0.806. The summed E-state index contributed by atoms with van der Waals surface area (Å²) in [6.07, 6.45) is 10.0. The Balaban J connectivity index is 1.92. The zero-order valence-electron chi connectivity index (χ0n) is 12.6. The Morgan fingerprint density at radius 2 is 1.83 bits per heavy atom. The van der Waals surface area contributed by atoms with Crippen molar-refractivity contribution >= 4 is 0 Å². The van der Waals surface area contributed by atoms with Crippen molar-refractivity contribution in [1.29, 1.82) is 0 Å². The fourth-order valence-corrected chi connectivity index (χ4v) is 4.00. The molecule has 0 amide bonds. The first-order valence-corrected chi connectivity index (χ1v) is 8.23. The maximum atomic E-state index is 3.68. The van der Waals surface area contributed by atoms with Gasteiger partial charge in [-0.1, -0.05) is 19.8 Å². The predicted molar refractivity (Wildman–Crippen MR) is 78.9 cm³/mol. The van der Waals surface area contributed by atoms with Crippen LogP contribution in [0.4, 0.5) is 0 Å². The molecule has 0 aromatic heterocycles. The zero-order chi connectivity index (χ0) is 13.0. The summed E-state index contributed by atoms with van der Waals surface area (Å²) in [6, 6.07) is 2.22. The van der Waals surface area contributed by atoms with Crippen LogP contribution in [0.2, 0.25) is 0 Å². The van der Waals surface area contributed by atoms with E-state index in [1.165, 1.54) is 51.5 Å². The Bertz CT molecular complexity index is 239. The minimum Gasteiger partial charge on any atom is -0.313 e. The highest BCUT2D eigenvalue weighted by atomic mass is 15.2. The van der Waals surface area contributed by atoms with E-state index < -0.39 is 0 Å². The molecule has 1 N–H and O–H groups in total. The number of nitrogens with one attached hydrogen (secondary N) is 1. The smallest absolute Gasteiger partial charge is 0.0221 e. The van der Waals surface area contributed by atoms with Crippen LogP contribution in [0, 0.1) is 5.92 Å². The fraction of sp³-hybridized carbons (Fsp3) is 1.00. The lowest BCUT2D eigenvalue weighted by Gasteiger charge is -2.48. The zero-order valence-corrected chi connectivity index (χ0v) is 12.6. The lowest BCUT2D eigenvalue weighted by atomic mass is 9.77. The van der Waals surface area contributed by atoms with E-state index in [0.717, 1.165) is 18.5 Å². The first-order chi connectivity index (χ1) is 8.74. The molecule has 1 heterocycles. The first-order valence-electron chi connectivity index (χ1n) is 8.23. The molecule has 1 aliphatic heterocycles. The molecule has 1 saturated heterocycles. The van der Waals surface area contributed by atoms with Crippen molar-refractivity contribution in [1.82, 2.24) is 10.2 Å². The number of likely N-dealkylation sites (tertiary alicyclic amines) is 1. The van der Waals surface area contributed by atoms with Crippen molar-refractivity contribution in [2.45, 2.75) is 83.8 Å². The van der Waals surface area contributed by atoms with Crippen LogP contribution in [0.5, 0.6) is 0 Å². The van der Waals surface area contributed by atoms with Gasteiger partial charge in [0, 0.05) is 18.1 Å². The third-order valence-corrected chi connectivity index (χ3v) is 5.25. The van der Waals surface area contributed by atoms with Crippen LogP contribution in [0.15, 0.2) is 0 Å². The average molecular weight is 252 g/mol. The van der Waals surface area contributed by atoms with Gasteiger partial charge in [-0.05, 0) is 65.0 Å². The summed E-state index contributed by atoms with van der Waals surface area (Å²) >= 11 is 0. The Hall–Kier alpha value is -0.0800. The normalized spacial score (nSPS) is 32.8. The Morgan fingerprint density at radius 3 is 2.61 bits per heavy atom. The third kappa shape index (κ3) is 3.27. The molecule has 0 aromatic carbocycles. The average Bonchev–Trinajstić information content (AvgIpc) is 2.43. The van der Waals surface area contributed by atoms with Gasteiger partial charge in [-0.25, -0.2) is 0 Å². The minimum atomic E-state index is 0.630. The predicted octanol–water partition coefficient (Wildman–Crippen LogP) is 3.42. The second-order valence-corrected chi connectivity index (χ2v) is 6.48. The van der Waals surface area contributed by atoms with E-state index in [2.05, 4.69) is 31.0 Å². The van der Waals surface area contributed by atoms with Gasteiger partial charge < -0.3 is 5.32 Å². The number of nitrogens with zero attached hydrogens (tertiary/aromatic N) is 1. The molecule has 0 spiro atoms. The summed E-state index contributed by atoms with van der Waals surface area (Å²) in [7, 11) is 0. The van der Waals surface area contributed by atoms with E-state index in [1.54, 1.807) is 0 Å². The molecule has 2 heteroatoms. The Morgan fingerprint density at radius 1 is 1.11 bits per heavy atom. The van der Waals surface area contributed by atoms with Gasteiger partial charge in [0.1, 0.15) is 0 Å². The van der Waals surface area contributed by atoms with Crippen molar-refractivity contribution in [3.8, 4) is 0 Å². The van der Waals surface area contributed by atoms with Gasteiger partial charge in [-0.15, -0.1) is 0 Å². The van der Waals surface area contributed by atoms with E-state index >= 15 is 0 Å². The molecular formula is C16H32N2. The number of fused-ring (bicyclic) bond motifs is 1. The van der Waals surface area contributed by atoms with Crippen LogP contribution in [0.25, 0.3) is 0 Å². The molecule has 2 fully saturated rings. The van der Waals surface area contributed by atoms with Gasteiger partial charge in [-0.2, -0.15) is 0 Å². The van der Waals surface area contributed by atoms with Gasteiger partial charge in [0.05, 0.1) is 0 Å². The third-order valence-electron chi connectivity index (χ3n) is 5.25. The highest BCUT2D eigenvalue weighted by molar-refractivity contribution is 4.91. The fourth-order valence-electron chi connectivity index (χ4n) is 4.00. The summed E-state index contributed by atoms with van der Waals surface area (Å²) in [5.41, 5.74) is 0. The molecule has 0 bridgehead atoms. The van der Waals surface area contributed by atoms with Crippen LogP contribution < -0.4 is 5.32 Å². The maximum absolute atomic E-state index is 3.68. The topological polar surface area (TPSA) is 15.3 Å². The standard InChI is InChI=1S/C16H32N2/c1-4-11-17-13(2)14(3)18-12-7-9-15-8-5-6-10-16(15)18/h13-17H,4-12H2,1-3H3/t13?,14?,15-,16-/m1/s1. The molecule has 1 saturated carbocycles. The summed E-state index contributed by atoms with van der Waals surface area (Å²) in [6.45, 7) is 9.55. The molecule has 0 aromatic rings.